The van der Waals surface area contributed by atoms with Gasteiger partial charge in [-0.2, -0.15) is 12.6 Å². The number of nitrogens with zero attached hydrogens (tertiary/aromatic N) is 2. The zero-order valence-electron chi connectivity index (χ0n) is 12.6. The first-order valence-electron chi connectivity index (χ1n) is 8.05. The Labute approximate surface area is 132 Å². The van der Waals surface area contributed by atoms with Crippen LogP contribution >= 0.6 is 12.6 Å². The van der Waals surface area contributed by atoms with Crippen molar-refractivity contribution in [2.45, 2.75) is 25.7 Å². The van der Waals surface area contributed by atoms with Gasteiger partial charge < -0.3 is 4.90 Å². The summed E-state index contributed by atoms with van der Waals surface area (Å²) in [5.41, 5.74) is 1.19. The topological polar surface area (TPSA) is 6.48 Å². The zero-order valence-corrected chi connectivity index (χ0v) is 13.5. The van der Waals surface area contributed by atoms with Crippen molar-refractivity contribution < 1.29 is 4.39 Å². The Balaban J connectivity index is 1.57. The molecule has 1 aliphatic heterocycles. The molecule has 1 aromatic carbocycles. The van der Waals surface area contributed by atoms with E-state index in [1.54, 1.807) is 12.1 Å². The van der Waals surface area contributed by atoms with Crippen molar-refractivity contribution in [3.05, 3.63) is 30.1 Å². The van der Waals surface area contributed by atoms with Crippen LogP contribution in [-0.4, -0.2) is 43.4 Å². The molecule has 4 heteroatoms. The number of anilines is 1. The Morgan fingerprint density at radius 3 is 2.33 bits per heavy atom. The molecule has 0 spiro atoms. The number of thiol groups is 1. The second-order valence-electron chi connectivity index (χ2n) is 6.58. The second-order valence-corrected chi connectivity index (χ2v) is 6.90. The Morgan fingerprint density at radius 2 is 1.71 bits per heavy atom. The summed E-state index contributed by atoms with van der Waals surface area (Å²) in [5.74, 6) is 0.897. The molecule has 1 saturated carbocycles. The van der Waals surface area contributed by atoms with E-state index >= 15 is 0 Å². The molecule has 2 fully saturated rings. The predicted octanol–water partition coefficient (Wildman–Crippen LogP) is 3.44. The van der Waals surface area contributed by atoms with Crippen LogP contribution in [0.25, 0.3) is 0 Å². The maximum Gasteiger partial charge on any atom is 0.146 e. The Bertz CT molecular complexity index is 466. The minimum Gasteiger partial charge on any atom is -0.367 e. The lowest BCUT2D eigenvalue weighted by molar-refractivity contribution is 0.163. The molecule has 1 heterocycles. The van der Waals surface area contributed by atoms with Crippen molar-refractivity contribution in [3.8, 4) is 0 Å². The van der Waals surface area contributed by atoms with Gasteiger partial charge >= 0.3 is 0 Å². The molecule has 21 heavy (non-hydrogen) atoms. The van der Waals surface area contributed by atoms with Crippen LogP contribution in [0, 0.1) is 11.2 Å². The van der Waals surface area contributed by atoms with Crippen molar-refractivity contribution in [3.63, 3.8) is 0 Å². The van der Waals surface area contributed by atoms with E-state index in [0.29, 0.717) is 5.41 Å². The van der Waals surface area contributed by atoms with Crippen LogP contribution in [0.4, 0.5) is 10.1 Å². The van der Waals surface area contributed by atoms with Gasteiger partial charge in [0.25, 0.3) is 0 Å². The number of para-hydroxylation sites is 1. The summed E-state index contributed by atoms with van der Waals surface area (Å²) in [4.78, 5) is 4.73. The molecule has 1 saturated heterocycles. The van der Waals surface area contributed by atoms with E-state index in [-0.39, 0.29) is 5.82 Å². The van der Waals surface area contributed by atoms with E-state index in [2.05, 4.69) is 22.4 Å². The van der Waals surface area contributed by atoms with Crippen LogP contribution in [0.1, 0.15) is 25.7 Å². The van der Waals surface area contributed by atoms with Crippen molar-refractivity contribution in [1.82, 2.24) is 4.90 Å². The second kappa shape index (κ2) is 6.57. The van der Waals surface area contributed by atoms with Crippen molar-refractivity contribution >= 4 is 18.3 Å². The summed E-state index contributed by atoms with van der Waals surface area (Å²) >= 11 is 4.60. The summed E-state index contributed by atoms with van der Waals surface area (Å²) in [5, 5.41) is 0. The third kappa shape index (κ3) is 3.37. The first-order valence-corrected chi connectivity index (χ1v) is 8.68. The van der Waals surface area contributed by atoms with Gasteiger partial charge in [0.1, 0.15) is 5.82 Å². The number of rotatable bonds is 4. The van der Waals surface area contributed by atoms with Crippen LogP contribution < -0.4 is 4.90 Å². The monoisotopic (exact) mass is 308 g/mol. The molecule has 1 aromatic rings. The summed E-state index contributed by atoms with van der Waals surface area (Å²) in [6.07, 6.45) is 5.36. The Morgan fingerprint density at radius 1 is 1.05 bits per heavy atom. The number of hydrogen-bond donors (Lipinski definition) is 1. The maximum absolute atomic E-state index is 13.8. The predicted molar refractivity (Wildman–Crippen MR) is 89.8 cm³/mol. The van der Waals surface area contributed by atoms with E-state index in [0.717, 1.165) is 37.6 Å². The third-order valence-electron chi connectivity index (χ3n) is 5.12. The fraction of sp³-hybridized carbons (Fsp3) is 0.647. The van der Waals surface area contributed by atoms with Crippen molar-refractivity contribution in [1.29, 1.82) is 0 Å². The van der Waals surface area contributed by atoms with Gasteiger partial charge in [0, 0.05) is 32.7 Å². The highest BCUT2D eigenvalue weighted by molar-refractivity contribution is 7.80. The zero-order chi connectivity index (χ0) is 14.7. The van der Waals surface area contributed by atoms with Gasteiger partial charge in [-0.3, -0.25) is 4.90 Å². The fourth-order valence-electron chi connectivity index (χ4n) is 3.82. The van der Waals surface area contributed by atoms with Gasteiger partial charge in [-0.15, -0.1) is 0 Å². The lowest BCUT2D eigenvalue weighted by Crippen LogP contribution is -2.50. The van der Waals surface area contributed by atoms with E-state index in [4.69, 9.17) is 0 Å². The minimum absolute atomic E-state index is 0.103. The van der Waals surface area contributed by atoms with Crippen LogP contribution in [0.15, 0.2) is 24.3 Å². The lowest BCUT2D eigenvalue weighted by Gasteiger charge is -2.40. The van der Waals surface area contributed by atoms with Crippen LogP contribution in [0.5, 0.6) is 0 Å². The molecular formula is C17H25FN2S. The molecule has 2 aliphatic rings. The van der Waals surface area contributed by atoms with Gasteiger partial charge in [0.05, 0.1) is 5.69 Å². The molecular weight excluding hydrogens is 283 g/mol. The van der Waals surface area contributed by atoms with E-state index in [1.807, 2.05) is 12.1 Å². The molecule has 116 valence electrons. The van der Waals surface area contributed by atoms with Gasteiger partial charge in [0.15, 0.2) is 0 Å². The van der Waals surface area contributed by atoms with Crippen LogP contribution in [0.3, 0.4) is 0 Å². The molecule has 0 aromatic heterocycles. The molecule has 0 atom stereocenters. The van der Waals surface area contributed by atoms with E-state index in [1.165, 1.54) is 32.2 Å². The fourth-order valence-corrected chi connectivity index (χ4v) is 4.24. The Kier molecular flexibility index (Phi) is 4.75. The average Bonchev–Trinajstić information content (AvgIpc) is 2.98. The van der Waals surface area contributed by atoms with Gasteiger partial charge in [-0.25, -0.2) is 4.39 Å². The number of halogens is 1. The van der Waals surface area contributed by atoms with Gasteiger partial charge in [-0.1, -0.05) is 25.0 Å². The molecule has 0 unspecified atom stereocenters. The highest BCUT2D eigenvalue weighted by Gasteiger charge is 2.35. The first kappa shape index (κ1) is 15.2. The van der Waals surface area contributed by atoms with Crippen molar-refractivity contribution in [2.24, 2.45) is 5.41 Å². The average molecular weight is 308 g/mol. The van der Waals surface area contributed by atoms with E-state index < -0.39 is 0 Å². The maximum atomic E-state index is 13.8. The summed E-state index contributed by atoms with van der Waals surface area (Å²) in [7, 11) is 0. The highest BCUT2D eigenvalue weighted by Crippen LogP contribution is 2.40. The normalized spacial score (nSPS) is 22.7. The highest BCUT2D eigenvalue weighted by atomic mass is 32.1. The van der Waals surface area contributed by atoms with Gasteiger partial charge in [0.2, 0.25) is 0 Å². The summed E-state index contributed by atoms with van der Waals surface area (Å²) < 4.78 is 13.8. The number of piperazine rings is 1. The molecule has 0 radical (unpaired) electrons. The van der Waals surface area contributed by atoms with E-state index in [9.17, 15) is 4.39 Å². The summed E-state index contributed by atoms with van der Waals surface area (Å²) in [6, 6.07) is 7.11. The molecule has 1 aliphatic carbocycles. The molecule has 0 bridgehead atoms. The molecule has 3 rings (SSSR count). The van der Waals surface area contributed by atoms with Crippen molar-refractivity contribution in [2.75, 3.05) is 43.4 Å². The SMILES string of the molecule is Fc1ccccc1N1CCN(CC2(CS)CCCC2)CC1. The van der Waals surface area contributed by atoms with Crippen LogP contribution in [-0.2, 0) is 0 Å². The largest absolute Gasteiger partial charge is 0.367 e. The summed E-state index contributed by atoms with van der Waals surface area (Å²) in [6.45, 7) is 5.07. The quantitative estimate of drug-likeness (QED) is 0.851. The smallest absolute Gasteiger partial charge is 0.146 e. The third-order valence-corrected chi connectivity index (χ3v) is 5.79. The Hall–Kier alpha value is -0.740. The van der Waals surface area contributed by atoms with Crippen LogP contribution in [0.2, 0.25) is 0 Å². The molecule has 0 N–H and O–H groups in total. The first-order chi connectivity index (χ1) is 10.2. The number of benzene rings is 1. The lowest BCUT2D eigenvalue weighted by atomic mass is 9.87. The number of hydrogen-bond acceptors (Lipinski definition) is 3. The molecule has 0 amide bonds. The molecule has 2 nitrogen and oxygen atoms in total. The van der Waals surface area contributed by atoms with Gasteiger partial charge in [-0.05, 0) is 36.1 Å². The standard InChI is InChI=1S/C17H25FN2S/c18-15-5-1-2-6-16(15)20-11-9-19(10-12-20)13-17(14-21)7-3-4-8-17/h1-2,5-6,21H,3-4,7-14H2. The minimum atomic E-state index is -0.103.